The number of anilines is 1. The van der Waals surface area contributed by atoms with Gasteiger partial charge in [-0.05, 0) is 36.4 Å². The van der Waals surface area contributed by atoms with Crippen LogP contribution in [0.4, 0.5) is 6.01 Å². The molecule has 0 saturated carbocycles. The first-order valence-corrected chi connectivity index (χ1v) is 8.05. The van der Waals surface area contributed by atoms with Crippen molar-refractivity contribution in [2.45, 2.75) is 10.6 Å². The van der Waals surface area contributed by atoms with Crippen molar-refractivity contribution in [2.75, 3.05) is 5.32 Å². The predicted octanol–water partition coefficient (Wildman–Crippen LogP) is 3.49. The van der Waals surface area contributed by atoms with Crippen molar-refractivity contribution in [3.05, 3.63) is 71.6 Å². The van der Waals surface area contributed by atoms with E-state index in [0.717, 1.165) is 4.90 Å². The van der Waals surface area contributed by atoms with Gasteiger partial charge in [0.2, 0.25) is 5.89 Å². The van der Waals surface area contributed by atoms with E-state index in [2.05, 4.69) is 15.5 Å². The molecule has 118 valence electrons. The van der Waals surface area contributed by atoms with Crippen molar-refractivity contribution < 1.29 is 9.21 Å². The van der Waals surface area contributed by atoms with Gasteiger partial charge < -0.3 is 4.42 Å². The number of nitrogens with one attached hydrogen (secondary N) is 1. The second-order valence-corrected chi connectivity index (χ2v) is 5.79. The molecule has 0 radical (unpaired) electrons. The molecule has 1 N–H and O–H groups in total. The molecule has 0 aliphatic heterocycles. The summed E-state index contributed by atoms with van der Waals surface area (Å²) in [4.78, 5) is 13.2. The zero-order valence-corrected chi connectivity index (χ0v) is 13.3. The topological polar surface area (TPSA) is 91.8 Å². The van der Waals surface area contributed by atoms with Crippen LogP contribution in [0.1, 0.15) is 21.8 Å². The Hall–Kier alpha value is -3.11. The normalized spacial score (nSPS) is 10.1. The second-order valence-electron chi connectivity index (χ2n) is 4.75. The molecule has 3 rings (SSSR count). The lowest BCUT2D eigenvalue weighted by atomic mass is 10.1. The SMILES string of the molecule is N#Cc1ccc(C(=O)Nc2nnc(CSc3ccccc3)o2)cc1. The molecule has 1 aromatic heterocycles. The number of nitriles is 1. The summed E-state index contributed by atoms with van der Waals surface area (Å²) in [6, 6.07) is 18.2. The van der Waals surface area contributed by atoms with Crippen LogP contribution in [0.5, 0.6) is 0 Å². The number of benzene rings is 2. The van der Waals surface area contributed by atoms with Crippen molar-refractivity contribution in [1.82, 2.24) is 10.2 Å². The molecule has 3 aromatic rings. The van der Waals surface area contributed by atoms with Crippen LogP contribution in [0.3, 0.4) is 0 Å². The number of amides is 1. The fourth-order valence-corrected chi connectivity index (χ4v) is 2.65. The summed E-state index contributed by atoms with van der Waals surface area (Å²) in [6.07, 6.45) is 0. The third-order valence-corrected chi connectivity index (χ3v) is 4.07. The highest BCUT2D eigenvalue weighted by molar-refractivity contribution is 7.98. The van der Waals surface area contributed by atoms with E-state index in [0.29, 0.717) is 22.8 Å². The zero-order valence-electron chi connectivity index (χ0n) is 12.5. The van der Waals surface area contributed by atoms with Crippen molar-refractivity contribution in [3.8, 4) is 6.07 Å². The largest absolute Gasteiger partial charge is 0.407 e. The van der Waals surface area contributed by atoms with Gasteiger partial charge in [-0.15, -0.1) is 16.9 Å². The standard InChI is InChI=1S/C17H12N4O2S/c18-10-12-6-8-13(9-7-12)16(22)19-17-21-20-15(23-17)11-24-14-4-2-1-3-5-14/h1-9H,11H2,(H,19,21,22). The molecule has 0 saturated heterocycles. The average molecular weight is 336 g/mol. The van der Waals surface area contributed by atoms with Crippen LogP contribution in [-0.4, -0.2) is 16.1 Å². The first-order valence-electron chi connectivity index (χ1n) is 7.06. The summed E-state index contributed by atoms with van der Waals surface area (Å²) < 4.78 is 5.42. The van der Waals surface area contributed by atoms with Gasteiger partial charge >= 0.3 is 6.01 Å². The van der Waals surface area contributed by atoms with Crippen LogP contribution in [0.25, 0.3) is 0 Å². The number of hydrogen-bond donors (Lipinski definition) is 1. The predicted molar refractivity (Wildman–Crippen MR) is 89.4 cm³/mol. The molecule has 0 spiro atoms. The van der Waals surface area contributed by atoms with Crippen LogP contribution in [0, 0.1) is 11.3 Å². The molecular weight excluding hydrogens is 324 g/mol. The molecule has 0 unspecified atom stereocenters. The van der Waals surface area contributed by atoms with E-state index in [9.17, 15) is 4.79 Å². The molecular formula is C17H12N4O2S. The molecule has 1 amide bonds. The van der Waals surface area contributed by atoms with Gasteiger partial charge in [-0.25, -0.2) is 0 Å². The first-order chi connectivity index (χ1) is 11.7. The van der Waals surface area contributed by atoms with Gasteiger partial charge in [0.25, 0.3) is 5.91 Å². The molecule has 7 heteroatoms. The van der Waals surface area contributed by atoms with Crippen molar-refractivity contribution in [3.63, 3.8) is 0 Å². The quantitative estimate of drug-likeness (QED) is 0.717. The Balaban J connectivity index is 1.59. The maximum Gasteiger partial charge on any atom is 0.322 e. The van der Waals surface area contributed by atoms with Crippen LogP contribution < -0.4 is 5.32 Å². The average Bonchev–Trinajstić information content (AvgIpc) is 3.08. The van der Waals surface area contributed by atoms with Crippen molar-refractivity contribution in [2.24, 2.45) is 0 Å². The molecule has 2 aromatic carbocycles. The van der Waals surface area contributed by atoms with Gasteiger partial charge in [-0.1, -0.05) is 23.3 Å². The van der Waals surface area contributed by atoms with Crippen LogP contribution in [0.2, 0.25) is 0 Å². The Kier molecular flexibility index (Phi) is 4.89. The van der Waals surface area contributed by atoms with Crippen LogP contribution >= 0.6 is 11.8 Å². The monoisotopic (exact) mass is 336 g/mol. The number of carbonyl (C=O) groups is 1. The van der Waals surface area contributed by atoms with Crippen LogP contribution in [0.15, 0.2) is 63.9 Å². The van der Waals surface area contributed by atoms with E-state index in [-0.39, 0.29) is 11.9 Å². The minimum absolute atomic E-state index is 0.0491. The van der Waals surface area contributed by atoms with Gasteiger partial charge in [0.15, 0.2) is 0 Å². The van der Waals surface area contributed by atoms with E-state index >= 15 is 0 Å². The summed E-state index contributed by atoms with van der Waals surface area (Å²) >= 11 is 1.57. The lowest BCUT2D eigenvalue weighted by molar-refractivity contribution is 0.102. The summed E-state index contributed by atoms with van der Waals surface area (Å²) in [6.45, 7) is 0. The van der Waals surface area contributed by atoms with Gasteiger partial charge in [0.05, 0.1) is 17.4 Å². The molecule has 0 bridgehead atoms. The Bertz CT molecular complexity index is 870. The highest BCUT2D eigenvalue weighted by Gasteiger charge is 2.12. The zero-order chi connectivity index (χ0) is 16.8. The van der Waals surface area contributed by atoms with Gasteiger partial charge in [0, 0.05) is 10.5 Å². The summed E-state index contributed by atoms with van der Waals surface area (Å²) in [5, 5.41) is 19.0. The summed E-state index contributed by atoms with van der Waals surface area (Å²) in [7, 11) is 0. The smallest absolute Gasteiger partial charge is 0.322 e. The number of rotatable bonds is 5. The first kappa shape index (κ1) is 15.8. The highest BCUT2D eigenvalue weighted by atomic mass is 32.2. The Morgan fingerprint density at radius 2 is 1.88 bits per heavy atom. The van der Waals surface area contributed by atoms with E-state index in [4.69, 9.17) is 9.68 Å². The Labute approximate surface area is 142 Å². The Morgan fingerprint density at radius 3 is 2.58 bits per heavy atom. The molecule has 0 aliphatic carbocycles. The third-order valence-electron chi connectivity index (χ3n) is 3.07. The van der Waals surface area contributed by atoms with Crippen molar-refractivity contribution in [1.29, 1.82) is 5.26 Å². The number of hydrogen-bond acceptors (Lipinski definition) is 6. The van der Waals surface area contributed by atoms with Gasteiger partial charge in [-0.2, -0.15) is 5.26 Å². The molecule has 0 aliphatic rings. The number of aromatic nitrogens is 2. The van der Waals surface area contributed by atoms with E-state index in [1.54, 1.807) is 36.0 Å². The number of thioether (sulfide) groups is 1. The second kappa shape index (κ2) is 7.44. The fraction of sp³-hybridized carbons (Fsp3) is 0.0588. The minimum atomic E-state index is -0.370. The lowest BCUT2D eigenvalue weighted by Crippen LogP contribution is -2.12. The van der Waals surface area contributed by atoms with Crippen LogP contribution in [-0.2, 0) is 5.75 Å². The lowest BCUT2D eigenvalue weighted by Gasteiger charge is -2.00. The molecule has 0 fully saturated rings. The molecule has 0 atom stereocenters. The summed E-state index contributed by atoms with van der Waals surface area (Å²) in [5.41, 5.74) is 0.900. The molecule has 1 heterocycles. The summed E-state index contributed by atoms with van der Waals surface area (Å²) in [5.74, 6) is 0.577. The molecule has 24 heavy (non-hydrogen) atoms. The minimum Gasteiger partial charge on any atom is -0.407 e. The maximum absolute atomic E-state index is 12.1. The highest BCUT2D eigenvalue weighted by Crippen LogP contribution is 2.22. The Morgan fingerprint density at radius 1 is 1.12 bits per heavy atom. The number of nitrogens with zero attached hydrogens (tertiary/aromatic N) is 3. The third kappa shape index (κ3) is 4.00. The maximum atomic E-state index is 12.1. The molecule has 6 nitrogen and oxygen atoms in total. The van der Waals surface area contributed by atoms with E-state index in [1.807, 2.05) is 36.4 Å². The van der Waals surface area contributed by atoms with E-state index in [1.165, 1.54) is 0 Å². The fourth-order valence-electron chi connectivity index (χ4n) is 1.89. The van der Waals surface area contributed by atoms with Crippen molar-refractivity contribution >= 4 is 23.7 Å². The van der Waals surface area contributed by atoms with E-state index < -0.39 is 0 Å². The van der Waals surface area contributed by atoms with Gasteiger partial charge in [-0.3, -0.25) is 10.1 Å². The van der Waals surface area contributed by atoms with Gasteiger partial charge in [0.1, 0.15) is 0 Å². The number of carbonyl (C=O) groups excluding carboxylic acids is 1.